The minimum Gasteiger partial charge on any atom is -0.396 e. The highest BCUT2D eigenvalue weighted by atomic mass is 16.3. The molecule has 1 aromatic rings. The summed E-state index contributed by atoms with van der Waals surface area (Å²) in [6.07, 6.45) is 4.44. The van der Waals surface area contributed by atoms with Crippen molar-refractivity contribution in [2.24, 2.45) is 5.92 Å². The first-order valence-corrected chi connectivity index (χ1v) is 7.24. The third-order valence-corrected chi connectivity index (χ3v) is 3.82. The molecule has 0 unspecified atom stereocenters. The predicted molar refractivity (Wildman–Crippen MR) is 77.5 cm³/mol. The number of hydrogen-bond acceptors (Lipinski definition) is 3. The van der Waals surface area contributed by atoms with E-state index in [2.05, 4.69) is 10.3 Å². The van der Waals surface area contributed by atoms with E-state index in [1.54, 1.807) is 0 Å². The lowest BCUT2D eigenvalue weighted by atomic mass is 9.98. The molecule has 1 saturated heterocycles. The van der Waals surface area contributed by atoms with Crippen LogP contribution in [0.25, 0.3) is 0 Å². The monoisotopic (exact) mass is 277 g/mol. The number of rotatable bonds is 4. The van der Waals surface area contributed by atoms with Crippen LogP contribution >= 0.6 is 0 Å². The molecule has 2 N–H and O–H groups in total. The SMILES string of the molecule is Cc1ccc(CCNC(=O)N2CCC(CO)CC2)cn1. The van der Waals surface area contributed by atoms with Gasteiger partial charge in [-0.3, -0.25) is 4.98 Å². The summed E-state index contributed by atoms with van der Waals surface area (Å²) < 4.78 is 0. The first-order valence-electron chi connectivity index (χ1n) is 7.24. The number of piperidine rings is 1. The molecule has 0 aromatic carbocycles. The molecule has 1 aliphatic heterocycles. The maximum absolute atomic E-state index is 12.0. The van der Waals surface area contributed by atoms with Gasteiger partial charge in [0.2, 0.25) is 0 Å². The average molecular weight is 277 g/mol. The van der Waals surface area contributed by atoms with Crippen molar-refractivity contribution in [3.63, 3.8) is 0 Å². The summed E-state index contributed by atoms with van der Waals surface area (Å²) in [4.78, 5) is 18.0. The first kappa shape index (κ1) is 14.8. The van der Waals surface area contributed by atoms with Crippen molar-refractivity contribution in [3.05, 3.63) is 29.6 Å². The fraction of sp³-hybridized carbons (Fsp3) is 0.600. The van der Waals surface area contributed by atoms with Crippen LogP contribution in [0.2, 0.25) is 0 Å². The van der Waals surface area contributed by atoms with Crippen LogP contribution < -0.4 is 5.32 Å². The first-order chi connectivity index (χ1) is 9.69. The van der Waals surface area contributed by atoms with Crippen LogP contribution in [0.1, 0.15) is 24.1 Å². The van der Waals surface area contributed by atoms with Gasteiger partial charge in [-0.25, -0.2) is 4.79 Å². The summed E-state index contributed by atoms with van der Waals surface area (Å²) in [5.74, 6) is 0.359. The number of pyridine rings is 1. The van der Waals surface area contributed by atoms with Crippen LogP contribution in [0.15, 0.2) is 18.3 Å². The Hall–Kier alpha value is -1.62. The lowest BCUT2D eigenvalue weighted by molar-refractivity contribution is 0.137. The van der Waals surface area contributed by atoms with Crippen molar-refractivity contribution < 1.29 is 9.90 Å². The standard InChI is InChI=1S/C15H23N3O2/c1-12-2-3-13(10-17-12)4-7-16-15(20)18-8-5-14(11-19)6-9-18/h2-3,10,14,19H,4-9,11H2,1H3,(H,16,20). The van der Waals surface area contributed by atoms with Crippen molar-refractivity contribution in [3.8, 4) is 0 Å². The number of hydrogen-bond donors (Lipinski definition) is 2. The Morgan fingerprint density at radius 3 is 2.80 bits per heavy atom. The molecule has 2 rings (SSSR count). The highest BCUT2D eigenvalue weighted by Crippen LogP contribution is 2.16. The quantitative estimate of drug-likeness (QED) is 0.873. The zero-order valence-corrected chi connectivity index (χ0v) is 12.0. The van der Waals surface area contributed by atoms with Gasteiger partial charge in [0.05, 0.1) is 0 Å². The van der Waals surface area contributed by atoms with Gasteiger partial charge in [-0.15, -0.1) is 0 Å². The lowest BCUT2D eigenvalue weighted by Crippen LogP contribution is -2.45. The van der Waals surface area contributed by atoms with Gasteiger partial charge in [0.1, 0.15) is 0 Å². The second-order valence-electron chi connectivity index (χ2n) is 5.40. The third kappa shape index (κ3) is 4.20. The molecule has 0 saturated carbocycles. The number of carbonyl (C=O) groups is 1. The summed E-state index contributed by atoms with van der Waals surface area (Å²) in [6.45, 7) is 4.30. The van der Waals surface area contributed by atoms with E-state index in [1.165, 1.54) is 0 Å². The number of aliphatic hydroxyl groups is 1. The third-order valence-electron chi connectivity index (χ3n) is 3.82. The fourth-order valence-corrected chi connectivity index (χ4v) is 2.39. The minimum atomic E-state index is 0.00135. The molecule has 1 fully saturated rings. The van der Waals surface area contributed by atoms with Crippen LogP contribution in [0.5, 0.6) is 0 Å². The molecule has 5 nitrogen and oxygen atoms in total. The van der Waals surface area contributed by atoms with Crippen molar-refractivity contribution in [1.82, 2.24) is 15.2 Å². The van der Waals surface area contributed by atoms with Crippen LogP contribution in [0, 0.1) is 12.8 Å². The van der Waals surface area contributed by atoms with Gasteiger partial charge in [-0.2, -0.15) is 0 Å². The van der Waals surface area contributed by atoms with E-state index in [9.17, 15) is 4.79 Å². The number of aromatic nitrogens is 1. The smallest absolute Gasteiger partial charge is 0.317 e. The van der Waals surface area contributed by atoms with E-state index in [0.29, 0.717) is 12.5 Å². The van der Waals surface area contributed by atoms with E-state index in [-0.39, 0.29) is 12.6 Å². The van der Waals surface area contributed by atoms with Crippen LogP contribution in [-0.4, -0.2) is 47.3 Å². The normalized spacial score (nSPS) is 16.2. The Bertz CT molecular complexity index is 425. The van der Waals surface area contributed by atoms with Crippen LogP contribution in [-0.2, 0) is 6.42 Å². The molecule has 110 valence electrons. The minimum absolute atomic E-state index is 0.00135. The van der Waals surface area contributed by atoms with Gasteiger partial charge in [0.25, 0.3) is 0 Å². The Morgan fingerprint density at radius 1 is 1.45 bits per heavy atom. The Kier molecular flexibility index (Phi) is 5.35. The zero-order valence-electron chi connectivity index (χ0n) is 12.0. The summed E-state index contributed by atoms with van der Waals surface area (Å²) in [5, 5.41) is 12.0. The summed E-state index contributed by atoms with van der Waals surface area (Å²) in [6, 6.07) is 4.03. The van der Waals surface area contributed by atoms with Gasteiger partial charge in [0.15, 0.2) is 0 Å². The molecule has 5 heteroatoms. The van der Waals surface area contributed by atoms with Crippen LogP contribution in [0.3, 0.4) is 0 Å². The lowest BCUT2D eigenvalue weighted by Gasteiger charge is -2.31. The van der Waals surface area contributed by atoms with Gasteiger partial charge in [0, 0.05) is 38.1 Å². The van der Waals surface area contributed by atoms with Gasteiger partial charge >= 0.3 is 6.03 Å². The number of nitrogens with zero attached hydrogens (tertiary/aromatic N) is 2. The number of aryl methyl sites for hydroxylation is 1. The number of nitrogens with one attached hydrogen (secondary N) is 1. The largest absolute Gasteiger partial charge is 0.396 e. The number of urea groups is 1. The summed E-state index contributed by atoms with van der Waals surface area (Å²) >= 11 is 0. The van der Waals surface area contributed by atoms with Gasteiger partial charge in [-0.05, 0) is 43.7 Å². The molecular formula is C15H23N3O2. The molecule has 1 aliphatic rings. The van der Waals surface area contributed by atoms with Crippen molar-refractivity contribution >= 4 is 6.03 Å². The molecule has 0 aliphatic carbocycles. The van der Waals surface area contributed by atoms with E-state index < -0.39 is 0 Å². The number of likely N-dealkylation sites (tertiary alicyclic amines) is 1. The fourth-order valence-electron chi connectivity index (χ4n) is 2.39. The maximum Gasteiger partial charge on any atom is 0.317 e. The van der Waals surface area contributed by atoms with E-state index in [4.69, 9.17) is 5.11 Å². The van der Waals surface area contributed by atoms with Crippen molar-refractivity contribution in [1.29, 1.82) is 0 Å². The highest BCUT2D eigenvalue weighted by molar-refractivity contribution is 5.74. The Morgan fingerprint density at radius 2 is 2.20 bits per heavy atom. The van der Waals surface area contributed by atoms with Crippen molar-refractivity contribution in [2.45, 2.75) is 26.2 Å². The molecule has 20 heavy (non-hydrogen) atoms. The molecule has 0 radical (unpaired) electrons. The molecule has 2 amide bonds. The number of amides is 2. The molecule has 0 atom stereocenters. The topological polar surface area (TPSA) is 65.5 Å². The van der Waals surface area contributed by atoms with Gasteiger partial charge < -0.3 is 15.3 Å². The van der Waals surface area contributed by atoms with Crippen molar-refractivity contribution in [2.75, 3.05) is 26.2 Å². The molecule has 1 aromatic heterocycles. The highest BCUT2D eigenvalue weighted by Gasteiger charge is 2.21. The summed E-state index contributed by atoms with van der Waals surface area (Å²) in [5.41, 5.74) is 2.14. The van der Waals surface area contributed by atoms with Gasteiger partial charge in [-0.1, -0.05) is 6.07 Å². The number of aliphatic hydroxyl groups excluding tert-OH is 1. The predicted octanol–water partition coefficient (Wildman–Crippen LogP) is 1.35. The zero-order chi connectivity index (χ0) is 14.4. The molecule has 0 spiro atoms. The summed E-state index contributed by atoms with van der Waals surface area (Å²) in [7, 11) is 0. The second-order valence-corrected chi connectivity index (χ2v) is 5.40. The van der Waals surface area contributed by atoms with E-state index in [1.807, 2.05) is 30.2 Å². The number of carbonyl (C=O) groups excluding carboxylic acids is 1. The molecule has 0 bridgehead atoms. The molecule has 2 heterocycles. The van der Waals surface area contributed by atoms with E-state index >= 15 is 0 Å². The second kappa shape index (κ2) is 7.24. The molecular weight excluding hydrogens is 254 g/mol. The van der Waals surface area contributed by atoms with Crippen LogP contribution in [0.4, 0.5) is 4.79 Å². The maximum atomic E-state index is 12.0. The van der Waals surface area contributed by atoms with E-state index in [0.717, 1.165) is 43.6 Å². The average Bonchev–Trinajstić information content (AvgIpc) is 2.49. The Labute approximate surface area is 120 Å². The Balaban J connectivity index is 1.69.